The standard InChI is InChI=1S/C14H23N3S/c1-2-7-15-8-13-9-16-14(17-10-13)18-11-12-5-3-4-6-12/h9-10,12,15H,2-8,11H2,1H3. The van der Waals surface area contributed by atoms with Crippen LogP contribution >= 0.6 is 11.8 Å². The van der Waals surface area contributed by atoms with Crippen molar-refractivity contribution in [2.45, 2.75) is 50.7 Å². The number of hydrogen-bond donors (Lipinski definition) is 1. The summed E-state index contributed by atoms with van der Waals surface area (Å²) in [6.07, 6.45) is 10.7. The summed E-state index contributed by atoms with van der Waals surface area (Å²) in [5.74, 6) is 2.08. The third-order valence-electron chi connectivity index (χ3n) is 3.36. The average molecular weight is 265 g/mol. The fourth-order valence-corrected chi connectivity index (χ4v) is 3.26. The van der Waals surface area contributed by atoms with E-state index in [4.69, 9.17) is 0 Å². The van der Waals surface area contributed by atoms with Crippen molar-refractivity contribution < 1.29 is 0 Å². The van der Waals surface area contributed by atoms with E-state index < -0.39 is 0 Å². The van der Waals surface area contributed by atoms with E-state index in [2.05, 4.69) is 22.2 Å². The van der Waals surface area contributed by atoms with E-state index in [0.717, 1.165) is 30.6 Å². The smallest absolute Gasteiger partial charge is 0.187 e. The number of thioether (sulfide) groups is 1. The first-order chi connectivity index (χ1) is 8.88. The van der Waals surface area contributed by atoms with Crippen LogP contribution in [0.5, 0.6) is 0 Å². The van der Waals surface area contributed by atoms with Crippen LogP contribution in [0, 0.1) is 5.92 Å². The molecule has 1 heterocycles. The number of hydrogen-bond acceptors (Lipinski definition) is 4. The van der Waals surface area contributed by atoms with Gasteiger partial charge in [0.05, 0.1) is 0 Å². The van der Waals surface area contributed by atoms with Crippen molar-refractivity contribution in [1.29, 1.82) is 0 Å². The minimum Gasteiger partial charge on any atom is -0.313 e. The van der Waals surface area contributed by atoms with Crippen molar-refractivity contribution in [2.24, 2.45) is 5.92 Å². The van der Waals surface area contributed by atoms with Gasteiger partial charge in [-0.05, 0) is 31.7 Å². The number of nitrogens with zero attached hydrogens (tertiary/aromatic N) is 2. The molecular formula is C14H23N3S. The number of nitrogens with one attached hydrogen (secondary N) is 1. The lowest BCUT2D eigenvalue weighted by molar-refractivity contribution is 0.622. The first-order valence-corrected chi connectivity index (χ1v) is 8.01. The number of aromatic nitrogens is 2. The Bertz CT molecular complexity index is 333. The molecule has 1 aromatic rings. The molecule has 1 aliphatic carbocycles. The first-order valence-electron chi connectivity index (χ1n) is 7.03. The maximum Gasteiger partial charge on any atom is 0.187 e. The molecule has 1 aromatic heterocycles. The molecule has 1 aliphatic rings. The second kappa shape index (κ2) is 7.74. The summed E-state index contributed by atoms with van der Waals surface area (Å²) in [6.45, 7) is 4.10. The minimum atomic E-state index is 0.876. The molecule has 3 nitrogen and oxygen atoms in total. The molecule has 18 heavy (non-hydrogen) atoms. The largest absolute Gasteiger partial charge is 0.313 e. The molecule has 0 radical (unpaired) electrons. The lowest BCUT2D eigenvalue weighted by Gasteiger charge is -2.07. The van der Waals surface area contributed by atoms with Crippen LogP contribution in [0.15, 0.2) is 17.6 Å². The Balaban J connectivity index is 1.72. The van der Waals surface area contributed by atoms with Gasteiger partial charge in [0.2, 0.25) is 0 Å². The van der Waals surface area contributed by atoms with Gasteiger partial charge in [0.15, 0.2) is 5.16 Å². The molecule has 4 heteroatoms. The third-order valence-corrected chi connectivity index (χ3v) is 4.47. The molecule has 1 N–H and O–H groups in total. The van der Waals surface area contributed by atoms with E-state index in [-0.39, 0.29) is 0 Å². The van der Waals surface area contributed by atoms with Gasteiger partial charge in [0.1, 0.15) is 0 Å². The zero-order valence-electron chi connectivity index (χ0n) is 11.2. The maximum absolute atomic E-state index is 4.43. The molecule has 1 saturated carbocycles. The van der Waals surface area contributed by atoms with Crippen molar-refractivity contribution >= 4 is 11.8 Å². The summed E-state index contributed by atoms with van der Waals surface area (Å²) in [6, 6.07) is 0. The fourth-order valence-electron chi connectivity index (χ4n) is 2.29. The van der Waals surface area contributed by atoms with E-state index in [0.29, 0.717) is 0 Å². The lowest BCUT2D eigenvalue weighted by Crippen LogP contribution is -2.14. The fraction of sp³-hybridized carbons (Fsp3) is 0.714. The van der Waals surface area contributed by atoms with Gasteiger partial charge in [-0.15, -0.1) is 0 Å². The Morgan fingerprint density at radius 3 is 2.67 bits per heavy atom. The van der Waals surface area contributed by atoms with Crippen molar-refractivity contribution in [3.8, 4) is 0 Å². The summed E-state index contributed by atoms with van der Waals surface area (Å²) in [4.78, 5) is 8.86. The molecule has 0 unspecified atom stereocenters. The Kier molecular flexibility index (Phi) is 5.94. The average Bonchev–Trinajstić information content (AvgIpc) is 2.91. The maximum atomic E-state index is 4.43. The molecule has 0 amide bonds. The molecule has 0 aliphatic heterocycles. The molecule has 100 valence electrons. The zero-order valence-corrected chi connectivity index (χ0v) is 12.0. The van der Waals surface area contributed by atoms with Crippen LogP contribution in [0.1, 0.15) is 44.6 Å². The highest BCUT2D eigenvalue weighted by Crippen LogP contribution is 2.29. The second-order valence-electron chi connectivity index (χ2n) is 5.01. The Morgan fingerprint density at radius 2 is 2.00 bits per heavy atom. The third kappa shape index (κ3) is 4.58. The Morgan fingerprint density at radius 1 is 1.28 bits per heavy atom. The van der Waals surface area contributed by atoms with Gasteiger partial charge in [-0.3, -0.25) is 0 Å². The molecule has 0 spiro atoms. The topological polar surface area (TPSA) is 37.8 Å². The minimum absolute atomic E-state index is 0.876. The van der Waals surface area contributed by atoms with Crippen LogP contribution in [0.2, 0.25) is 0 Å². The monoisotopic (exact) mass is 265 g/mol. The van der Waals surface area contributed by atoms with Crippen molar-refractivity contribution in [2.75, 3.05) is 12.3 Å². The molecule has 1 fully saturated rings. The van der Waals surface area contributed by atoms with Crippen molar-refractivity contribution in [3.63, 3.8) is 0 Å². The van der Waals surface area contributed by atoms with E-state index in [1.165, 1.54) is 37.0 Å². The van der Waals surface area contributed by atoms with E-state index in [1.807, 2.05) is 24.2 Å². The highest BCUT2D eigenvalue weighted by molar-refractivity contribution is 7.99. The van der Waals surface area contributed by atoms with Gasteiger partial charge in [0, 0.05) is 30.3 Å². The Labute approximate surface area is 114 Å². The molecule has 0 bridgehead atoms. The van der Waals surface area contributed by atoms with Crippen molar-refractivity contribution in [1.82, 2.24) is 15.3 Å². The van der Waals surface area contributed by atoms with Gasteiger partial charge in [-0.1, -0.05) is 31.5 Å². The summed E-state index contributed by atoms with van der Waals surface area (Å²) < 4.78 is 0. The van der Waals surface area contributed by atoms with Crippen LogP contribution in [-0.2, 0) is 6.54 Å². The van der Waals surface area contributed by atoms with Gasteiger partial charge >= 0.3 is 0 Å². The van der Waals surface area contributed by atoms with Crippen LogP contribution in [-0.4, -0.2) is 22.3 Å². The second-order valence-corrected chi connectivity index (χ2v) is 6.00. The summed E-state index contributed by atoms with van der Waals surface area (Å²) in [7, 11) is 0. The molecule has 0 atom stereocenters. The quantitative estimate of drug-likeness (QED) is 0.466. The zero-order chi connectivity index (χ0) is 12.6. The van der Waals surface area contributed by atoms with Crippen LogP contribution in [0.4, 0.5) is 0 Å². The van der Waals surface area contributed by atoms with Crippen molar-refractivity contribution in [3.05, 3.63) is 18.0 Å². The highest BCUT2D eigenvalue weighted by atomic mass is 32.2. The van der Waals surface area contributed by atoms with Crippen LogP contribution in [0.3, 0.4) is 0 Å². The van der Waals surface area contributed by atoms with Crippen LogP contribution < -0.4 is 5.32 Å². The SMILES string of the molecule is CCCNCc1cnc(SCC2CCCC2)nc1. The van der Waals surface area contributed by atoms with Crippen LogP contribution in [0.25, 0.3) is 0 Å². The van der Waals surface area contributed by atoms with Gasteiger partial charge in [0.25, 0.3) is 0 Å². The summed E-state index contributed by atoms with van der Waals surface area (Å²) >= 11 is 1.81. The van der Waals surface area contributed by atoms with Gasteiger partial charge in [-0.2, -0.15) is 0 Å². The van der Waals surface area contributed by atoms with Gasteiger partial charge < -0.3 is 5.32 Å². The first kappa shape index (κ1) is 13.8. The normalized spacial score (nSPS) is 16.3. The highest BCUT2D eigenvalue weighted by Gasteiger charge is 2.15. The van der Waals surface area contributed by atoms with E-state index in [9.17, 15) is 0 Å². The number of rotatable bonds is 7. The predicted molar refractivity (Wildman–Crippen MR) is 76.7 cm³/mol. The summed E-state index contributed by atoms with van der Waals surface area (Å²) in [5, 5.41) is 4.29. The molecular weight excluding hydrogens is 242 g/mol. The molecule has 0 saturated heterocycles. The molecule has 2 rings (SSSR count). The van der Waals surface area contributed by atoms with Gasteiger partial charge in [-0.25, -0.2) is 9.97 Å². The molecule has 0 aromatic carbocycles. The van der Waals surface area contributed by atoms with E-state index >= 15 is 0 Å². The Hall–Kier alpha value is -0.610. The van der Waals surface area contributed by atoms with E-state index in [1.54, 1.807) is 0 Å². The summed E-state index contributed by atoms with van der Waals surface area (Å²) in [5.41, 5.74) is 1.17. The predicted octanol–water partition coefficient (Wildman–Crippen LogP) is 3.26. The lowest BCUT2D eigenvalue weighted by atomic mass is 10.1.